The molecule has 1 saturated heterocycles. The van der Waals surface area contributed by atoms with E-state index in [1.807, 2.05) is 6.07 Å². The lowest BCUT2D eigenvalue weighted by Gasteiger charge is -2.19. The van der Waals surface area contributed by atoms with Gasteiger partial charge in [0.2, 0.25) is 5.88 Å². The minimum atomic E-state index is 0.331. The van der Waals surface area contributed by atoms with Gasteiger partial charge in [0.25, 0.3) is 0 Å². The first-order chi connectivity index (χ1) is 15.1. The molecule has 3 rings (SSSR count). The molecule has 31 heavy (non-hydrogen) atoms. The van der Waals surface area contributed by atoms with Gasteiger partial charge in [0.1, 0.15) is 18.1 Å². The Kier molecular flexibility index (Phi) is 8.61. The summed E-state index contributed by atoms with van der Waals surface area (Å²) >= 11 is 5.83. The second kappa shape index (κ2) is 11.6. The van der Waals surface area contributed by atoms with Gasteiger partial charge in [0.15, 0.2) is 5.96 Å². The third kappa shape index (κ3) is 7.18. The maximum absolute atomic E-state index is 5.83. The van der Waals surface area contributed by atoms with Gasteiger partial charge in [-0.1, -0.05) is 11.6 Å². The van der Waals surface area contributed by atoms with Gasteiger partial charge in [-0.2, -0.15) is 0 Å². The number of rotatable bonds is 9. The molecule has 0 saturated carbocycles. The van der Waals surface area contributed by atoms with Crippen LogP contribution in [0.15, 0.2) is 41.5 Å². The van der Waals surface area contributed by atoms with E-state index in [0.717, 1.165) is 43.5 Å². The molecule has 1 aromatic carbocycles. The predicted molar refractivity (Wildman–Crippen MR) is 122 cm³/mol. The van der Waals surface area contributed by atoms with Crippen molar-refractivity contribution in [3.05, 3.63) is 47.1 Å². The number of halogens is 1. The molecule has 9 heteroatoms. The van der Waals surface area contributed by atoms with Crippen molar-refractivity contribution in [2.24, 2.45) is 4.99 Å². The molecule has 1 atom stereocenters. The van der Waals surface area contributed by atoms with Crippen molar-refractivity contribution in [1.29, 1.82) is 0 Å². The summed E-state index contributed by atoms with van der Waals surface area (Å²) in [5.41, 5.74) is 1.17. The summed E-state index contributed by atoms with van der Waals surface area (Å²) in [5.74, 6) is 2.94. The Bertz CT molecular complexity index is 840. The molecule has 1 aliphatic rings. The van der Waals surface area contributed by atoms with Crippen LogP contribution in [0, 0.1) is 0 Å². The van der Waals surface area contributed by atoms with Gasteiger partial charge in [-0.05, 0) is 30.2 Å². The monoisotopic (exact) mass is 447 g/mol. The first kappa shape index (κ1) is 23.0. The van der Waals surface area contributed by atoms with Gasteiger partial charge in [-0.3, -0.25) is 9.89 Å². The SMILES string of the molecule is CN=C(NCCOc1ccc(Cl)cn1)NC1CCN(Cc2cc(OC)cc(OC)c2)C1. The van der Waals surface area contributed by atoms with E-state index in [9.17, 15) is 0 Å². The van der Waals surface area contributed by atoms with Gasteiger partial charge in [0.05, 0.1) is 25.8 Å². The third-order valence-electron chi connectivity index (χ3n) is 5.00. The van der Waals surface area contributed by atoms with Crippen molar-refractivity contribution in [3.63, 3.8) is 0 Å². The van der Waals surface area contributed by atoms with Gasteiger partial charge in [-0.25, -0.2) is 4.98 Å². The molecule has 1 unspecified atom stereocenters. The first-order valence-electron chi connectivity index (χ1n) is 10.3. The lowest BCUT2D eigenvalue weighted by Crippen LogP contribution is -2.45. The number of pyridine rings is 1. The van der Waals surface area contributed by atoms with Crippen molar-refractivity contribution < 1.29 is 14.2 Å². The Morgan fingerprint density at radius 2 is 2.00 bits per heavy atom. The predicted octanol–water partition coefficient (Wildman–Crippen LogP) is 2.57. The highest BCUT2D eigenvalue weighted by Crippen LogP contribution is 2.24. The summed E-state index contributed by atoms with van der Waals surface area (Å²) in [7, 11) is 5.11. The summed E-state index contributed by atoms with van der Waals surface area (Å²) in [6.45, 7) is 3.89. The summed E-state index contributed by atoms with van der Waals surface area (Å²) in [5, 5.41) is 7.36. The molecular formula is C22H30ClN5O3. The van der Waals surface area contributed by atoms with E-state index in [1.54, 1.807) is 39.6 Å². The van der Waals surface area contributed by atoms with Crippen LogP contribution in [-0.4, -0.2) is 69.4 Å². The van der Waals surface area contributed by atoms with E-state index in [4.69, 9.17) is 25.8 Å². The smallest absolute Gasteiger partial charge is 0.213 e. The van der Waals surface area contributed by atoms with E-state index >= 15 is 0 Å². The quantitative estimate of drug-likeness (QED) is 0.347. The molecule has 1 aliphatic heterocycles. The number of nitrogens with zero attached hydrogens (tertiary/aromatic N) is 3. The van der Waals surface area contributed by atoms with Gasteiger partial charge >= 0.3 is 0 Å². The van der Waals surface area contributed by atoms with Crippen LogP contribution in [0.5, 0.6) is 17.4 Å². The van der Waals surface area contributed by atoms with Crippen LogP contribution in [0.2, 0.25) is 5.02 Å². The standard InChI is InChI=1S/C22H30ClN5O3/c1-24-22(25-7-9-31-21-5-4-17(23)13-26-21)27-18-6-8-28(15-18)14-16-10-19(29-2)12-20(11-16)30-3/h4-5,10-13,18H,6-9,14-15H2,1-3H3,(H2,24,25,27). The molecule has 2 aromatic rings. The summed E-state index contributed by atoms with van der Waals surface area (Å²) in [6.07, 6.45) is 2.62. The highest BCUT2D eigenvalue weighted by Gasteiger charge is 2.23. The topological polar surface area (TPSA) is 80.2 Å². The molecule has 0 aliphatic carbocycles. The van der Waals surface area contributed by atoms with Crippen LogP contribution in [0.3, 0.4) is 0 Å². The van der Waals surface area contributed by atoms with Crippen LogP contribution in [0.1, 0.15) is 12.0 Å². The van der Waals surface area contributed by atoms with Crippen LogP contribution in [0.25, 0.3) is 0 Å². The number of hydrogen-bond donors (Lipinski definition) is 2. The Labute approximate surface area is 188 Å². The van der Waals surface area contributed by atoms with E-state index in [1.165, 1.54) is 5.56 Å². The Morgan fingerprint density at radius 3 is 2.65 bits per heavy atom. The number of aliphatic imine (C=N–C) groups is 1. The number of guanidine groups is 1. The summed E-state index contributed by atoms with van der Waals surface area (Å²) < 4.78 is 16.4. The third-order valence-corrected chi connectivity index (χ3v) is 5.22. The van der Waals surface area contributed by atoms with Crippen molar-refractivity contribution in [1.82, 2.24) is 20.5 Å². The Morgan fingerprint density at radius 1 is 1.23 bits per heavy atom. The fourth-order valence-electron chi connectivity index (χ4n) is 3.47. The largest absolute Gasteiger partial charge is 0.497 e. The zero-order valence-electron chi connectivity index (χ0n) is 18.2. The normalized spacial score (nSPS) is 16.8. The molecule has 168 valence electrons. The van der Waals surface area contributed by atoms with E-state index in [-0.39, 0.29) is 0 Å². The lowest BCUT2D eigenvalue weighted by molar-refractivity contribution is 0.309. The number of ether oxygens (including phenoxy) is 3. The molecule has 2 N–H and O–H groups in total. The molecule has 0 radical (unpaired) electrons. The minimum absolute atomic E-state index is 0.331. The van der Waals surface area contributed by atoms with Crippen molar-refractivity contribution in [2.75, 3.05) is 47.5 Å². The maximum Gasteiger partial charge on any atom is 0.213 e. The van der Waals surface area contributed by atoms with Gasteiger partial charge in [0, 0.05) is 51.1 Å². The van der Waals surface area contributed by atoms with Crippen LogP contribution < -0.4 is 24.8 Å². The molecular weight excluding hydrogens is 418 g/mol. The lowest BCUT2D eigenvalue weighted by atomic mass is 10.2. The fourth-order valence-corrected chi connectivity index (χ4v) is 3.58. The first-order valence-corrected chi connectivity index (χ1v) is 10.6. The van der Waals surface area contributed by atoms with Crippen LogP contribution >= 0.6 is 11.6 Å². The average Bonchev–Trinajstić information content (AvgIpc) is 3.23. The van der Waals surface area contributed by atoms with Crippen LogP contribution in [-0.2, 0) is 6.54 Å². The highest BCUT2D eigenvalue weighted by atomic mass is 35.5. The molecule has 0 amide bonds. The number of methoxy groups -OCH3 is 2. The number of benzene rings is 1. The second-order valence-corrected chi connectivity index (χ2v) is 7.68. The zero-order chi connectivity index (χ0) is 22.1. The molecule has 0 bridgehead atoms. The highest BCUT2D eigenvalue weighted by molar-refractivity contribution is 6.30. The van der Waals surface area contributed by atoms with Crippen molar-refractivity contribution in [3.8, 4) is 17.4 Å². The van der Waals surface area contributed by atoms with Crippen LogP contribution in [0.4, 0.5) is 0 Å². The van der Waals surface area contributed by atoms with Gasteiger partial charge < -0.3 is 24.8 Å². The number of aromatic nitrogens is 1. The van der Waals surface area contributed by atoms with E-state index in [0.29, 0.717) is 30.1 Å². The summed E-state index contributed by atoms with van der Waals surface area (Å²) in [6, 6.07) is 9.84. The average molecular weight is 448 g/mol. The second-order valence-electron chi connectivity index (χ2n) is 7.25. The molecule has 0 spiro atoms. The number of hydrogen-bond acceptors (Lipinski definition) is 6. The zero-order valence-corrected chi connectivity index (χ0v) is 19.0. The van der Waals surface area contributed by atoms with Crippen molar-refractivity contribution >= 4 is 17.6 Å². The van der Waals surface area contributed by atoms with Gasteiger partial charge in [-0.15, -0.1) is 0 Å². The molecule has 8 nitrogen and oxygen atoms in total. The molecule has 1 aromatic heterocycles. The maximum atomic E-state index is 5.83. The Balaban J connectivity index is 1.41. The number of likely N-dealkylation sites (tertiary alicyclic amines) is 1. The van der Waals surface area contributed by atoms with E-state index < -0.39 is 0 Å². The van der Waals surface area contributed by atoms with Crippen molar-refractivity contribution in [2.45, 2.75) is 19.0 Å². The van der Waals surface area contributed by atoms with E-state index in [2.05, 4.69) is 37.6 Å². The molecule has 2 heterocycles. The number of nitrogens with one attached hydrogen (secondary N) is 2. The Hall–Kier alpha value is -2.71. The minimum Gasteiger partial charge on any atom is -0.497 e. The molecule has 1 fully saturated rings. The fraction of sp³-hybridized carbons (Fsp3) is 0.455. The summed E-state index contributed by atoms with van der Waals surface area (Å²) in [4.78, 5) is 10.8.